The second-order valence-corrected chi connectivity index (χ2v) is 9.18. The van der Waals surface area contributed by atoms with Crippen LogP contribution in [-0.2, 0) is 24.2 Å². The number of esters is 1. The van der Waals surface area contributed by atoms with Crippen molar-refractivity contribution < 1.29 is 32.2 Å². The lowest BCUT2D eigenvalue weighted by Gasteiger charge is -2.12. The molecule has 8 nitrogen and oxygen atoms in total. The summed E-state index contributed by atoms with van der Waals surface area (Å²) >= 11 is 0. The number of carbonyl (C=O) groups excluding carboxylic acids is 2. The Kier molecular flexibility index (Phi) is 9.16. The molecule has 1 saturated heterocycles. The van der Waals surface area contributed by atoms with Crippen LogP contribution in [0.2, 0.25) is 0 Å². The summed E-state index contributed by atoms with van der Waals surface area (Å²) in [6, 6.07) is 4.92. The molecule has 0 aromatic heterocycles. The van der Waals surface area contributed by atoms with Crippen LogP contribution in [0.4, 0.5) is 0 Å². The van der Waals surface area contributed by atoms with Gasteiger partial charge in [0.2, 0.25) is 0 Å². The first-order chi connectivity index (χ1) is 14.3. The van der Waals surface area contributed by atoms with Crippen molar-refractivity contribution in [3.8, 4) is 11.5 Å². The first kappa shape index (κ1) is 23.7. The smallest absolute Gasteiger partial charge is 0.331 e. The summed E-state index contributed by atoms with van der Waals surface area (Å²) in [5, 5.41) is 2.56. The van der Waals surface area contributed by atoms with Gasteiger partial charge >= 0.3 is 5.97 Å². The summed E-state index contributed by atoms with van der Waals surface area (Å²) in [7, 11) is -3.08. The van der Waals surface area contributed by atoms with E-state index in [-0.39, 0.29) is 11.5 Å². The lowest BCUT2D eigenvalue weighted by molar-refractivity contribution is -0.143. The minimum atomic E-state index is -3.08. The second kappa shape index (κ2) is 11.6. The Hall–Kier alpha value is -2.55. The van der Waals surface area contributed by atoms with Crippen LogP contribution < -0.4 is 14.8 Å². The summed E-state index contributed by atoms with van der Waals surface area (Å²) in [6.07, 6.45) is 5.13. The van der Waals surface area contributed by atoms with E-state index < -0.39 is 34.4 Å². The minimum Gasteiger partial charge on any atom is -0.490 e. The first-order valence-corrected chi connectivity index (χ1v) is 11.9. The number of nitrogens with one attached hydrogen (secondary N) is 1. The van der Waals surface area contributed by atoms with Crippen molar-refractivity contribution in [1.82, 2.24) is 5.32 Å². The standard InChI is InChI=1S/C21H29NO7S/c1-3-5-11-28-18-8-6-16(13-19(18)27-4-2)7-9-21(24)29-14-20(23)22-17-10-12-30(25,26)15-17/h6-9,13,17H,3-5,10-12,14-15H2,1-2H3,(H,22,23)/b9-7+/t17-/m0/s1. The van der Waals surface area contributed by atoms with Gasteiger partial charge in [-0.05, 0) is 43.5 Å². The third-order valence-electron chi connectivity index (χ3n) is 4.38. The summed E-state index contributed by atoms with van der Waals surface area (Å²) in [4.78, 5) is 23.7. The number of hydrogen-bond donors (Lipinski definition) is 1. The quantitative estimate of drug-likeness (QED) is 0.320. The van der Waals surface area contributed by atoms with Gasteiger partial charge in [-0.3, -0.25) is 4.79 Å². The zero-order valence-electron chi connectivity index (χ0n) is 17.4. The molecule has 1 atom stereocenters. The topological polar surface area (TPSA) is 108 Å². The summed E-state index contributed by atoms with van der Waals surface area (Å²) < 4.78 is 39.0. The maximum Gasteiger partial charge on any atom is 0.331 e. The van der Waals surface area contributed by atoms with Gasteiger partial charge in [-0.1, -0.05) is 19.4 Å². The van der Waals surface area contributed by atoms with E-state index in [4.69, 9.17) is 14.2 Å². The van der Waals surface area contributed by atoms with Gasteiger partial charge in [0.1, 0.15) is 0 Å². The van der Waals surface area contributed by atoms with Crippen molar-refractivity contribution in [2.24, 2.45) is 0 Å². The van der Waals surface area contributed by atoms with Crippen molar-refractivity contribution in [1.29, 1.82) is 0 Å². The molecule has 0 saturated carbocycles. The van der Waals surface area contributed by atoms with Crippen LogP contribution in [0.5, 0.6) is 11.5 Å². The Morgan fingerprint density at radius 2 is 2.00 bits per heavy atom. The van der Waals surface area contributed by atoms with Crippen LogP contribution in [0.1, 0.15) is 38.7 Å². The molecular weight excluding hydrogens is 410 g/mol. The fourth-order valence-electron chi connectivity index (χ4n) is 2.87. The molecular formula is C21H29NO7S. The van der Waals surface area contributed by atoms with Gasteiger partial charge in [-0.2, -0.15) is 0 Å². The molecule has 1 aromatic carbocycles. The minimum absolute atomic E-state index is 0.0621. The van der Waals surface area contributed by atoms with E-state index in [1.54, 1.807) is 24.3 Å². The largest absolute Gasteiger partial charge is 0.490 e. The Balaban J connectivity index is 1.84. The van der Waals surface area contributed by atoms with Crippen LogP contribution in [0.15, 0.2) is 24.3 Å². The molecule has 30 heavy (non-hydrogen) atoms. The molecule has 0 radical (unpaired) electrons. The van der Waals surface area contributed by atoms with Crippen molar-refractivity contribution in [3.05, 3.63) is 29.8 Å². The number of hydrogen-bond acceptors (Lipinski definition) is 7. The number of unbranched alkanes of at least 4 members (excludes halogenated alkanes) is 1. The molecule has 1 aromatic rings. The predicted molar refractivity (Wildman–Crippen MR) is 113 cm³/mol. The molecule has 0 aliphatic carbocycles. The normalized spacial score (nSPS) is 17.6. The number of benzene rings is 1. The third kappa shape index (κ3) is 8.06. The molecule has 9 heteroatoms. The molecule has 1 heterocycles. The molecule has 0 spiro atoms. The van der Waals surface area contributed by atoms with Crippen LogP contribution in [-0.4, -0.2) is 57.7 Å². The zero-order valence-corrected chi connectivity index (χ0v) is 18.2. The Bertz CT molecular complexity index is 864. The lowest BCUT2D eigenvalue weighted by Crippen LogP contribution is -2.38. The molecule has 166 valence electrons. The Morgan fingerprint density at radius 3 is 2.67 bits per heavy atom. The molecule has 0 unspecified atom stereocenters. The molecule has 1 amide bonds. The van der Waals surface area contributed by atoms with Crippen LogP contribution in [0.3, 0.4) is 0 Å². The highest BCUT2D eigenvalue weighted by Crippen LogP contribution is 2.29. The summed E-state index contributed by atoms with van der Waals surface area (Å²) in [5.41, 5.74) is 0.721. The predicted octanol–water partition coefficient (Wildman–Crippen LogP) is 2.12. The number of ether oxygens (including phenoxy) is 3. The van der Waals surface area contributed by atoms with Gasteiger partial charge in [-0.25, -0.2) is 13.2 Å². The SMILES string of the molecule is CCCCOc1ccc(/C=C/C(=O)OCC(=O)N[C@H]2CCS(=O)(=O)C2)cc1OCC. The van der Waals surface area contributed by atoms with E-state index >= 15 is 0 Å². The van der Waals surface area contributed by atoms with E-state index in [2.05, 4.69) is 12.2 Å². The van der Waals surface area contributed by atoms with Gasteiger partial charge in [0.25, 0.3) is 5.91 Å². The summed E-state index contributed by atoms with van der Waals surface area (Å²) in [6.45, 7) is 4.59. The summed E-state index contributed by atoms with van der Waals surface area (Å²) in [5.74, 6) is 0.0293. The van der Waals surface area contributed by atoms with E-state index in [1.807, 2.05) is 6.92 Å². The van der Waals surface area contributed by atoms with Crippen LogP contribution in [0.25, 0.3) is 6.08 Å². The molecule has 2 rings (SSSR count). The molecule has 1 fully saturated rings. The average Bonchev–Trinajstić information content (AvgIpc) is 3.04. The molecule has 1 aliphatic rings. The van der Waals surface area contributed by atoms with E-state index in [9.17, 15) is 18.0 Å². The van der Waals surface area contributed by atoms with Crippen LogP contribution >= 0.6 is 0 Å². The Morgan fingerprint density at radius 1 is 1.20 bits per heavy atom. The van der Waals surface area contributed by atoms with Gasteiger partial charge in [0, 0.05) is 12.1 Å². The third-order valence-corrected chi connectivity index (χ3v) is 6.15. The van der Waals surface area contributed by atoms with Gasteiger partial charge < -0.3 is 19.5 Å². The highest BCUT2D eigenvalue weighted by atomic mass is 32.2. The van der Waals surface area contributed by atoms with Gasteiger partial charge in [-0.15, -0.1) is 0 Å². The van der Waals surface area contributed by atoms with Crippen molar-refractivity contribution in [2.75, 3.05) is 31.3 Å². The van der Waals surface area contributed by atoms with E-state index in [0.717, 1.165) is 18.4 Å². The number of amides is 1. The Labute approximate surface area is 177 Å². The van der Waals surface area contributed by atoms with Gasteiger partial charge in [0.05, 0.1) is 24.7 Å². The maximum atomic E-state index is 11.9. The molecule has 0 bridgehead atoms. The van der Waals surface area contributed by atoms with Gasteiger partial charge in [0.15, 0.2) is 27.9 Å². The molecule has 1 aliphatic heterocycles. The fraction of sp³-hybridized carbons (Fsp3) is 0.524. The highest BCUT2D eigenvalue weighted by molar-refractivity contribution is 7.91. The highest BCUT2D eigenvalue weighted by Gasteiger charge is 2.28. The fourth-order valence-corrected chi connectivity index (χ4v) is 4.54. The monoisotopic (exact) mass is 439 g/mol. The number of rotatable bonds is 11. The lowest BCUT2D eigenvalue weighted by atomic mass is 10.2. The van der Waals surface area contributed by atoms with E-state index in [1.165, 1.54) is 6.08 Å². The molecule has 1 N–H and O–H groups in total. The van der Waals surface area contributed by atoms with Crippen molar-refractivity contribution in [3.63, 3.8) is 0 Å². The van der Waals surface area contributed by atoms with E-state index in [0.29, 0.717) is 31.1 Å². The second-order valence-electron chi connectivity index (χ2n) is 6.95. The van der Waals surface area contributed by atoms with Crippen molar-refractivity contribution in [2.45, 2.75) is 39.2 Å². The number of sulfone groups is 1. The van der Waals surface area contributed by atoms with Crippen molar-refractivity contribution >= 4 is 27.8 Å². The average molecular weight is 440 g/mol. The first-order valence-electron chi connectivity index (χ1n) is 10.1. The maximum absolute atomic E-state index is 11.9. The zero-order chi connectivity index (χ0) is 22.0. The van der Waals surface area contributed by atoms with Crippen LogP contribution in [0, 0.1) is 0 Å². The number of carbonyl (C=O) groups is 2.